The van der Waals surface area contributed by atoms with Crippen molar-refractivity contribution in [2.75, 3.05) is 7.05 Å². The third kappa shape index (κ3) is 1.61. The van der Waals surface area contributed by atoms with Crippen LogP contribution in [0.3, 0.4) is 0 Å². The van der Waals surface area contributed by atoms with E-state index in [9.17, 15) is 0 Å². The molecule has 2 aromatic heterocycles. The molecule has 0 aliphatic rings. The van der Waals surface area contributed by atoms with Crippen molar-refractivity contribution in [2.45, 2.75) is 6.04 Å². The fourth-order valence-corrected chi connectivity index (χ4v) is 2.06. The number of nitrogens with zero attached hydrogens (tertiary/aromatic N) is 2. The van der Waals surface area contributed by atoms with Crippen molar-refractivity contribution in [1.29, 1.82) is 0 Å². The van der Waals surface area contributed by atoms with Gasteiger partial charge >= 0.3 is 0 Å². The van der Waals surface area contributed by atoms with Gasteiger partial charge in [-0.3, -0.25) is 5.10 Å². The second-order valence-corrected chi connectivity index (χ2v) is 3.59. The summed E-state index contributed by atoms with van der Waals surface area (Å²) >= 11 is 1.70. The van der Waals surface area contributed by atoms with Crippen LogP contribution >= 0.6 is 11.3 Å². The largest absolute Gasteiger partial charge is 0.306 e. The first-order valence-corrected chi connectivity index (χ1v) is 4.85. The fourth-order valence-electron chi connectivity index (χ4n) is 1.22. The lowest BCUT2D eigenvalue weighted by Crippen LogP contribution is -2.17. The zero-order valence-corrected chi connectivity index (χ0v) is 8.01. The van der Waals surface area contributed by atoms with Gasteiger partial charge in [0.25, 0.3) is 0 Å². The molecule has 0 aliphatic heterocycles. The van der Waals surface area contributed by atoms with E-state index in [-0.39, 0.29) is 6.04 Å². The molecule has 0 saturated heterocycles. The third-order valence-corrected chi connectivity index (χ3v) is 2.76. The highest BCUT2D eigenvalue weighted by molar-refractivity contribution is 7.10. The standard InChI is InChI=1S/C8H10N4S/c1-9-7(6-3-2-4-13-6)8-10-5-11-12-8/h2-5,7,9H,1H3,(H,10,11,12). The molecule has 0 aliphatic carbocycles. The Morgan fingerprint density at radius 1 is 1.62 bits per heavy atom. The van der Waals surface area contributed by atoms with E-state index in [0.717, 1.165) is 5.82 Å². The van der Waals surface area contributed by atoms with E-state index < -0.39 is 0 Å². The highest BCUT2D eigenvalue weighted by Crippen LogP contribution is 2.22. The van der Waals surface area contributed by atoms with E-state index in [1.807, 2.05) is 13.1 Å². The highest BCUT2D eigenvalue weighted by Gasteiger charge is 2.14. The molecule has 2 N–H and O–H groups in total. The molecule has 2 aromatic rings. The first-order chi connectivity index (χ1) is 6.42. The van der Waals surface area contributed by atoms with Crippen LogP contribution in [0.25, 0.3) is 0 Å². The summed E-state index contributed by atoms with van der Waals surface area (Å²) in [6.07, 6.45) is 1.52. The van der Waals surface area contributed by atoms with Crippen LogP contribution < -0.4 is 5.32 Å². The van der Waals surface area contributed by atoms with Crippen LogP contribution in [0.5, 0.6) is 0 Å². The molecule has 0 fully saturated rings. The Labute approximate surface area is 80.0 Å². The Balaban J connectivity index is 2.29. The summed E-state index contributed by atoms with van der Waals surface area (Å²) < 4.78 is 0. The van der Waals surface area contributed by atoms with Crippen LogP contribution in [0.4, 0.5) is 0 Å². The van der Waals surface area contributed by atoms with Crippen LogP contribution in [0, 0.1) is 0 Å². The molecule has 0 radical (unpaired) electrons. The topological polar surface area (TPSA) is 53.6 Å². The fraction of sp³-hybridized carbons (Fsp3) is 0.250. The molecule has 68 valence electrons. The maximum Gasteiger partial charge on any atom is 0.146 e. The summed E-state index contributed by atoms with van der Waals surface area (Å²) in [6, 6.07) is 4.23. The molecule has 0 bridgehead atoms. The number of aromatic amines is 1. The van der Waals surface area contributed by atoms with Gasteiger partial charge < -0.3 is 5.32 Å². The summed E-state index contributed by atoms with van der Waals surface area (Å²) in [7, 11) is 1.91. The first kappa shape index (κ1) is 8.40. The van der Waals surface area contributed by atoms with Gasteiger partial charge in [-0.15, -0.1) is 11.3 Å². The maximum atomic E-state index is 4.12. The lowest BCUT2D eigenvalue weighted by molar-refractivity contribution is 0.660. The zero-order chi connectivity index (χ0) is 9.10. The number of hydrogen-bond donors (Lipinski definition) is 2. The van der Waals surface area contributed by atoms with Gasteiger partial charge in [-0.05, 0) is 18.5 Å². The highest BCUT2D eigenvalue weighted by atomic mass is 32.1. The Morgan fingerprint density at radius 2 is 2.54 bits per heavy atom. The van der Waals surface area contributed by atoms with Crippen molar-refractivity contribution in [3.05, 3.63) is 34.5 Å². The van der Waals surface area contributed by atoms with E-state index >= 15 is 0 Å². The normalized spacial score (nSPS) is 13.0. The van der Waals surface area contributed by atoms with E-state index in [0.29, 0.717) is 0 Å². The summed E-state index contributed by atoms with van der Waals surface area (Å²) in [5.74, 6) is 0.852. The molecule has 0 saturated carbocycles. The predicted octanol–water partition coefficient (Wildman–Crippen LogP) is 1.17. The molecule has 0 spiro atoms. The number of hydrogen-bond acceptors (Lipinski definition) is 4. The molecule has 2 rings (SSSR count). The number of nitrogens with one attached hydrogen (secondary N) is 2. The summed E-state index contributed by atoms with van der Waals surface area (Å²) in [6.45, 7) is 0. The smallest absolute Gasteiger partial charge is 0.146 e. The Morgan fingerprint density at radius 3 is 3.08 bits per heavy atom. The maximum absolute atomic E-state index is 4.12. The van der Waals surface area contributed by atoms with E-state index in [2.05, 4.69) is 31.9 Å². The summed E-state index contributed by atoms with van der Waals surface area (Å²) in [5, 5.41) is 11.9. The quantitative estimate of drug-likeness (QED) is 0.771. The number of H-pyrrole nitrogens is 1. The van der Waals surface area contributed by atoms with Gasteiger partial charge in [-0.25, -0.2) is 4.98 Å². The van der Waals surface area contributed by atoms with Gasteiger partial charge in [0.15, 0.2) is 0 Å². The van der Waals surface area contributed by atoms with Gasteiger partial charge in [-0.1, -0.05) is 6.07 Å². The molecule has 1 atom stereocenters. The van der Waals surface area contributed by atoms with Crippen molar-refractivity contribution in [3.8, 4) is 0 Å². The SMILES string of the molecule is CNC(c1ncn[nH]1)c1cccs1. The molecule has 13 heavy (non-hydrogen) atoms. The summed E-state index contributed by atoms with van der Waals surface area (Å²) in [4.78, 5) is 5.36. The van der Waals surface area contributed by atoms with Gasteiger partial charge in [0.1, 0.15) is 18.2 Å². The van der Waals surface area contributed by atoms with E-state index in [4.69, 9.17) is 0 Å². The molecule has 0 aromatic carbocycles. The molecule has 5 heteroatoms. The molecular formula is C8H10N4S. The molecule has 2 heterocycles. The molecule has 0 amide bonds. The average Bonchev–Trinajstić information content (AvgIpc) is 2.76. The number of aromatic nitrogens is 3. The second-order valence-electron chi connectivity index (χ2n) is 2.61. The van der Waals surface area contributed by atoms with Crippen molar-refractivity contribution >= 4 is 11.3 Å². The zero-order valence-electron chi connectivity index (χ0n) is 7.19. The third-order valence-electron chi connectivity index (χ3n) is 1.82. The van der Waals surface area contributed by atoms with E-state index in [1.54, 1.807) is 11.3 Å². The van der Waals surface area contributed by atoms with Crippen molar-refractivity contribution in [2.24, 2.45) is 0 Å². The minimum Gasteiger partial charge on any atom is -0.306 e. The van der Waals surface area contributed by atoms with Crippen LogP contribution in [0.2, 0.25) is 0 Å². The van der Waals surface area contributed by atoms with Crippen molar-refractivity contribution in [3.63, 3.8) is 0 Å². The van der Waals surface area contributed by atoms with Gasteiger partial charge in [0.2, 0.25) is 0 Å². The van der Waals surface area contributed by atoms with Crippen LogP contribution in [0.15, 0.2) is 23.8 Å². The summed E-state index contributed by atoms with van der Waals surface area (Å²) in [5.41, 5.74) is 0. The molecule has 4 nitrogen and oxygen atoms in total. The average molecular weight is 194 g/mol. The monoisotopic (exact) mass is 194 g/mol. The molecular weight excluding hydrogens is 184 g/mol. The van der Waals surface area contributed by atoms with Gasteiger partial charge in [0, 0.05) is 4.88 Å². The van der Waals surface area contributed by atoms with Gasteiger partial charge in [0.05, 0.1) is 0 Å². The van der Waals surface area contributed by atoms with Crippen LogP contribution in [-0.2, 0) is 0 Å². The Bertz CT molecular complexity index is 306. The van der Waals surface area contributed by atoms with Crippen molar-refractivity contribution < 1.29 is 0 Å². The molecule has 1 unspecified atom stereocenters. The number of thiophene rings is 1. The minimum atomic E-state index is 0.127. The Hall–Kier alpha value is -1.20. The first-order valence-electron chi connectivity index (χ1n) is 3.97. The lowest BCUT2D eigenvalue weighted by Gasteiger charge is -2.09. The lowest BCUT2D eigenvalue weighted by atomic mass is 10.2. The minimum absolute atomic E-state index is 0.127. The van der Waals surface area contributed by atoms with E-state index in [1.165, 1.54) is 11.2 Å². The van der Waals surface area contributed by atoms with Gasteiger partial charge in [-0.2, -0.15) is 5.10 Å². The predicted molar refractivity (Wildman–Crippen MR) is 51.6 cm³/mol. The van der Waals surface area contributed by atoms with Crippen LogP contribution in [-0.4, -0.2) is 22.2 Å². The Kier molecular flexibility index (Phi) is 2.37. The number of rotatable bonds is 3. The second kappa shape index (κ2) is 3.68. The van der Waals surface area contributed by atoms with Crippen molar-refractivity contribution in [1.82, 2.24) is 20.5 Å². The van der Waals surface area contributed by atoms with Crippen LogP contribution in [0.1, 0.15) is 16.7 Å².